The number of nitrogens with zero attached hydrogens (tertiary/aromatic N) is 5. The molecule has 0 amide bonds. The fourth-order valence-corrected chi connectivity index (χ4v) is 3.46. The Morgan fingerprint density at radius 3 is 2.86 bits per heavy atom. The number of anilines is 1. The maximum Gasteiger partial charge on any atom is 0.147 e. The van der Waals surface area contributed by atoms with Gasteiger partial charge in [0.2, 0.25) is 0 Å². The highest BCUT2D eigenvalue weighted by atomic mass is 35.5. The maximum absolute atomic E-state index is 6.30. The molecule has 3 rings (SSSR count). The van der Waals surface area contributed by atoms with Crippen LogP contribution in [0.25, 0.3) is 0 Å². The van der Waals surface area contributed by atoms with Gasteiger partial charge in [0.05, 0.1) is 10.0 Å². The third kappa shape index (κ3) is 3.06. The van der Waals surface area contributed by atoms with Crippen molar-refractivity contribution in [3.63, 3.8) is 0 Å². The average molecular weight is 340 g/mol. The molecule has 2 aromatic heterocycles. The molecule has 1 aliphatic rings. The van der Waals surface area contributed by atoms with Crippen LogP contribution in [0.4, 0.5) is 5.82 Å². The highest BCUT2D eigenvalue weighted by Crippen LogP contribution is 2.33. The second kappa shape index (κ2) is 6.42. The average Bonchev–Trinajstić information content (AvgIpc) is 2.97. The molecule has 0 saturated carbocycles. The molecule has 2 aromatic rings. The van der Waals surface area contributed by atoms with Gasteiger partial charge in [-0.1, -0.05) is 23.2 Å². The fourth-order valence-electron chi connectivity index (χ4n) is 2.96. The zero-order chi connectivity index (χ0) is 15.7. The van der Waals surface area contributed by atoms with Gasteiger partial charge in [0.25, 0.3) is 0 Å². The molecule has 0 aliphatic carbocycles. The summed E-state index contributed by atoms with van der Waals surface area (Å²) in [5.74, 6) is 2.18. The van der Waals surface area contributed by atoms with Crippen LogP contribution < -0.4 is 4.90 Å². The Morgan fingerprint density at radius 2 is 2.14 bits per heavy atom. The Bertz CT molecular complexity index is 655. The smallest absolute Gasteiger partial charge is 0.147 e. The summed E-state index contributed by atoms with van der Waals surface area (Å²) in [4.78, 5) is 6.61. The summed E-state index contributed by atoms with van der Waals surface area (Å²) in [7, 11) is 0. The van der Waals surface area contributed by atoms with Crippen LogP contribution in [-0.4, -0.2) is 32.8 Å². The lowest BCUT2D eigenvalue weighted by atomic mass is 9.97. The Hall–Kier alpha value is -1.33. The Balaban J connectivity index is 1.83. The molecule has 5 nitrogen and oxygen atoms in total. The lowest BCUT2D eigenvalue weighted by molar-refractivity contribution is 0.453. The van der Waals surface area contributed by atoms with E-state index in [0.717, 1.165) is 37.6 Å². The van der Waals surface area contributed by atoms with Crippen molar-refractivity contribution in [1.82, 2.24) is 19.7 Å². The normalized spacial score (nSPS) is 19.0. The second-order valence-corrected chi connectivity index (χ2v) is 6.78. The quantitative estimate of drug-likeness (QED) is 0.849. The summed E-state index contributed by atoms with van der Waals surface area (Å²) in [6.45, 7) is 6.08. The van der Waals surface area contributed by atoms with Crippen molar-refractivity contribution in [2.24, 2.45) is 0 Å². The molecule has 118 valence electrons. The predicted molar refractivity (Wildman–Crippen MR) is 88.9 cm³/mol. The molecule has 0 spiro atoms. The van der Waals surface area contributed by atoms with Crippen molar-refractivity contribution in [3.05, 3.63) is 34.5 Å². The van der Waals surface area contributed by atoms with E-state index < -0.39 is 0 Å². The monoisotopic (exact) mass is 339 g/mol. The first-order valence-electron chi connectivity index (χ1n) is 7.51. The van der Waals surface area contributed by atoms with Gasteiger partial charge < -0.3 is 9.47 Å². The summed E-state index contributed by atoms with van der Waals surface area (Å²) in [6.07, 6.45) is 5.64. The van der Waals surface area contributed by atoms with Gasteiger partial charge in [-0.2, -0.15) is 0 Å². The summed E-state index contributed by atoms with van der Waals surface area (Å²) in [5, 5.41) is 9.57. The number of piperidine rings is 1. The molecule has 0 bridgehead atoms. The number of rotatable bonds is 3. The number of aromatic nitrogens is 4. The molecule has 1 atom stereocenters. The van der Waals surface area contributed by atoms with Gasteiger partial charge in [-0.15, -0.1) is 10.2 Å². The fraction of sp³-hybridized carbons (Fsp3) is 0.533. The number of pyridine rings is 1. The topological polar surface area (TPSA) is 46.8 Å². The van der Waals surface area contributed by atoms with Crippen LogP contribution in [0, 0.1) is 0 Å². The molecule has 3 heterocycles. The van der Waals surface area contributed by atoms with Crippen LogP contribution in [0.15, 0.2) is 18.6 Å². The van der Waals surface area contributed by atoms with Crippen LogP contribution >= 0.6 is 23.2 Å². The van der Waals surface area contributed by atoms with E-state index >= 15 is 0 Å². The van der Waals surface area contributed by atoms with Crippen LogP contribution in [0.2, 0.25) is 10.0 Å². The van der Waals surface area contributed by atoms with E-state index in [2.05, 4.69) is 38.5 Å². The van der Waals surface area contributed by atoms with Gasteiger partial charge in [-0.25, -0.2) is 4.98 Å². The van der Waals surface area contributed by atoms with Crippen molar-refractivity contribution < 1.29 is 0 Å². The molecule has 1 fully saturated rings. The Kier molecular flexibility index (Phi) is 4.54. The van der Waals surface area contributed by atoms with E-state index in [1.54, 1.807) is 12.3 Å². The van der Waals surface area contributed by atoms with Gasteiger partial charge in [0, 0.05) is 31.2 Å². The predicted octanol–water partition coefficient (Wildman–Crippen LogP) is 3.94. The van der Waals surface area contributed by atoms with E-state index in [4.69, 9.17) is 23.2 Å². The summed E-state index contributed by atoms with van der Waals surface area (Å²) in [5.41, 5.74) is 0. The standard InChI is InChI=1S/C15H19Cl2N5/c1-10(2)22-9-19-20-14(22)11-4-3-5-21(8-11)15-13(17)6-12(16)7-18-15/h6-7,9-11H,3-5,8H2,1-2H3. The van der Waals surface area contributed by atoms with Crippen molar-refractivity contribution in [1.29, 1.82) is 0 Å². The largest absolute Gasteiger partial charge is 0.355 e. The highest BCUT2D eigenvalue weighted by molar-refractivity contribution is 6.36. The van der Waals surface area contributed by atoms with Crippen LogP contribution in [0.5, 0.6) is 0 Å². The van der Waals surface area contributed by atoms with E-state index in [9.17, 15) is 0 Å². The van der Waals surface area contributed by atoms with Crippen LogP contribution in [0.3, 0.4) is 0 Å². The van der Waals surface area contributed by atoms with Gasteiger partial charge in [0.15, 0.2) is 0 Å². The van der Waals surface area contributed by atoms with Gasteiger partial charge in [-0.05, 0) is 32.8 Å². The van der Waals surface area contributed by atoms with E-state index in [1.165, 1.54) is 0 Å². The van der Waals surface area contributed by atoms with E-state index in [1.807, 2.05) is 6.33 Å². The SMILES string of the molecule is CC(C)n1cnnc1C1CCCN(c2ncc(Cl)cc2Cl)C1. The van der Waals surface area contributed by atoms with Crippen LogP contribution in [0.1, 0.15) is 44.5 Å². The molecule has 0 aromatic carbocycles. The summed E-state index contributed by atoms with van der Waals surface area (Å²) >= 11 is 12.2. The van der Waals surface area contributed by atoms with Crippen molar-refractivity contribution in [2.45, 2.75) is 38.6 Å². The molecular formula is C15H19Cl2N5. The Labute approximate surface area is 140 Å². The minimum Gasteiger partial charge on any atom is -0.355 e. The zero-order valence-corrected chi connectivity index (χ0v) is 14.2. The van der Waals surface area contributed by atoms with Crippen molar-refractivity contribution >= 4 is 29.0 Å². The number of hydrogen-bond donors (Lipinski definition) is 0. The maximum atomic E-state index is 6.30. The molecule has 7 heteroatoms. The third-order valence-electron chi connectivity index (χ3n) is 4.03. The molecule has 22 heavy (non-hydrogen) atoms. The minimum atomic E-state index is 0.340. The number of halogens is 2. The van der Waals surface area contributed by atoms with E-state index in [-0.39, 0.29) is 0 Å². The molecule has 1 saturated heterocycles. The molecule has 0 radical (unpaired) electrons. The molecule has 1 aliphatic heterocycles. The first-order chi connectivity index (χ1) is 10.6. The molecule has 0 N–H and O–H groups in total. The number of hydrogen-bond acceptors (Lipinski definition) is 4. The van der Waals surface area contributed by atoms with Crippen LogP contribution in [-0.2, 0) is 0 Å². The Morgan fingerprint density at radius 1 is 1.32 bits per heavy atom. The van der Waals surface area contributed by atoms with E-state index in [0.29, 0.717) is 22.0 Å². The second-order valence-electron chi connectivity index (χ2n) is 5.93. The molecular weight excluding hydrogens is 321 g/mol. The molecule has 1 unspecified atom stereocenters. The highest BCUT2D eigenvalue weighted by Gasteiger charge is 2.27. The van der Waals surface area contributed by atoms with Crippen molar-refractivity contribution in [3.8, 4) is 0 Å². The van der Waals surface area contributed by atoms with Gasteiger partial charge in [-0.3, -0.25) is 0 Å². The lowest BCUT2D eigenvalue weighted by Crippen LogP contribution is -2.36. The lowest BCUT2D eigenvalue weighted by Gasteiger charge is -2.34. The minimum absolute atomic E-state index is 0.340. The first kappa shape index (κ1) is 15.6. The zero-order valence-electron chi connectivity index (χ0n) is 12.7. The van der Waals surface area contributed by atoms with Gasteiger partial charge in [0.1, 0.15) is 18.0 Å². The third-order valence-corrected chi connectivity index (χ3v) is 4.52. The van der Waals surface area contributed by atoms with Gasteiger partial charge >= 0.3 is 0 Å². The summed E-state index contributed by atoms with van der Waals surface area (Å²) < 4.78 is 2.14. The first-order valence-corrected chi connectivity index (χ1v) is 8.27. The van der Waals surface area contributed by atoms with Crippen molar-refractivity contribution in [2.75, 3.05) is 18.0 Å². The summed E-state index contributed by atoms with van der Waals surface area (Å²) in [6, 6.07) is 2.10.